The van der Waals surface area contributed by atoms with Crippen molar-refractivity contribution in [3.63, 3.8) is 0 Å². The van der Waals surface area contributed by atoms with Crippen molar-refractivity contribution in [2.45, 2.75) is 26.2 Å². The zero-order valence-corrected chi connectivity index (χ0v) is 14.1. The molecule has 0 saturated heterocycles. The number of hydrogen-bond donors (Lipinski definition) is 2. The Kier molecular flexibility index (Phi) is 5.06. The summed E-state index contributed by atoms with van der Waals surface area (Å²) in [6.07, 6.45) is 0. The Hall–Kier alpha value is -2.33. The fraction of sp³-hybridized carbons (Fsp3) is 0.222. The van der Waals surface area contributed by atoms with Crippen LogP contribution in [-0.2, 0) is 15.0 Å². The van der Waals surface area contributed by atoms with Crippen molar-refractivity contribution in [2.24, 2.45) is 0 Å². The number of hydrogen-bond acceptors (Lipinski definition) is 2. The van der Waals surface area contributed by atoms with E-state index < -0.39 is 11.8 Å². The van der Waals surface area contributed by atoms with E-state index >= 15 is 0 Å². The molecule has 0 aliphatic carbocycles. The largest absolute Gasteiger partial charge is 0.318 e. The maximum atomic E-state index is 11.9. The number of rotatable bonds is 2. The highest BCUT2D eigenvalue weighted by molar-refractivity contribution is 6.44. The standard InChI is InChI=1S/C18H19ClN2O2/c1-18(2,3)12-8-10-13(11-9-12)20-16(22)17(23)21-15-7-5-4-6-14(15)19/h4-11H,1-3H3,(H,20,22)(H,21,23). The first-order valence-corrected chi connectivity index (χ1v) is 7.62. The van der Waals surface area contributed by atoms with Gasteiger partial charge in [0.15, 0.2) is 0 Å². The number of halogens is 1. The third-order valence-corrected chi connectivity index (χ3v) is 3.67. The van der Waals surface area contributed by atoms with Gasteiger partial charge in [0.25, 0.3) is 0 Å². The number of carbonyl (C=O) groups excluding carboxylic acids is 2. The molecule has 23 heavy (non-hydrogen) atoms. The van der Waals surface area contributed by atoms with Crippen molar-refractivity contribution in [2.75, 3.05) is 10.6 Å². The molecule has 4 nitrogen and oxygen atoms in total. The van der Waals surface area contributed by atoms with Crippen molar-refractivity contribution < 1.29 is 9.59 Å². The Morgan fingerprint density at radius 2 is 1.43 bits per heavy atom. The van der Waals surface area contributed by atoms with Gasteiger partial charge in [0, 0.05) is 5.69 Å². The molecule has 0 atom stereocenters. The highest BCUT2D eigenvalue weighted by Crippen LogP contribution is 2.23. The molecule has 0 spiro atoms. The minimum Gasteiger partial charge on any atom is -0.318 e. The summed E-state index contributed by atoms with van der Waals surface area (Å²) in [6.45, 7) is 6.33. The van der Waals surface area contributed by atoms with Crippen LogP contribution < -0.4 is 10.6 Å². The summed E-state index contributed by atoms with van der Waals surface area (Å²) in [5.74, 6) is -1.51. The predicted molar refractivity (Wildman–Crippen MR) is 93.9 cm³/mol. The summed E-state index contributed by atoms with van der Waals surface area (Å²) >= 11 is 5.95. The van der Waals surface area contributed by atoms with Gasteiger partial charge in [0.2, 0.25) is 0 Å². The SMILES string of the molecule is CC(C)(C)c1ccc(NC(=O)C(=O)Nc2ccccc2Cl)cc1. The van der Waals surface area contributed by atoms with E-state index in [-0.39, 0.29) is 5.41 Å². The Bertz CT molecular complexity index is 719. The van der Waals surface area contributed by atoms with E-state index in [1.807, 2.05) is 12.1 Å². The fourth-order valence-corrected chi connectivity index (χ4v) is 2.17. The zero-order chi connectivity index (χ0) is 17.0. The summed E-state index contributed by atoms with van der Waals surface area (Å²) in [5, 5.41) is 5.43. The second kappa shape index (κ2) is 6.84. The molecule has 2 amide bonds. The smallest absolute Gasteiger partial charge is 0.314 e. The number of amides is 2. The van der Waals surface area contributed by atoms with Gasteiger partial charge in [-0.15, -0.1) is 0 Å². The summed E-state index contributed by atoms with van der Waals surface area (Å²) in [7, 11) is 0. The van der Waals surface area contributed by atoms with E-state index in [1.54, 1.807) is 36.4 Å². The van der Waals surface area contributed by atoms with Crippen LogP contribution in [0.1, 0.15) is 26.3 Å². The molecule has 120 valence electrons. The van der Waals surface area contributed by atoms with Gasteiger partial charge in [-0.1, -0.05) is 56.6 Å². The lowest BCUT2D eigenvalue weighted by Crippen LogP contribution is -2.29. The molecule has 0 radical (unpaired) electrons. The van der Waals surface area contributed by atoms with E-state index in [1.165, 1.54) is 0 Å². The van der Waals surface area contributed by atoms with Gasteiger partial charge >= 0.3 is 11.8 Å². The average Bonchev–Trinajstić information content (AvgIpc) is 2.49. The van der Waals surface area contributed by atoms with E-state index in [9.17, 15) is 9.59 Å². The van der Waals surface area contributed by atoms with Gasteiger partial charge in [-0.25, -0.2) is 0 Å². The quantitative estimate of drug-likeness (QED) is 0.810. The first kappa shape index (κ1) is 17.0. The van der Waals surface area contributed by atoms with Gasteiger partial charge in [0.05, 0.1) is 10.7 Å². The van der Waals surface area contributed by atoms with Crippen LogP contribution in [0.4, 0.5) is 11.4 Å². The van der Waals surface area contributed by atoms with Crippen LogP contribution in [0, 0.1) is 0 Å². The number of nitrogens with one attached hydrogen (secondary N) is 2. The topological polar surface area (TPSA) is 58.2 Å². The molecule has 2 rings (SSSR count). The molecule has 5 heteroatoms. The Labute approximate surface area is 140 Å². The maximum Gasteiger partial charge on any atom is 0.314 e. The van der Waals surface area contributed by atoms with Crippen LogP contribution >= 0.6 is 11.6 Å². The molecule has 0 aliphatic rings. The molecule has 0 unspecified atom stereocenters. The van der Waals surface area contributed by atoms with Gasteiger partial charge in [-0.2, -0.15) is 0 Å². The average molecular weight is 331 g/mol. The maximum absolute atomic E-state index is 11.9. The Morgan fingerprint density at radius 1 is 0.870 bits per heavy atom. The highest BCUT2D eigenvalue weighted by Gasteiger charge is 2.16. The first-order valence-electron chi connectivity index (χ1n) is 7.25. The van der Waals surface area contributed by atoms with Crippen molar-refractivity contribution in [1.29, 1.82) is 0 Å². The van der Waals surface area contributed by atoms with E-state index in [2.05, 4.69) is 31.4 Å². The summed E-state index contributed by atoms with van der Waals surface area (Å²) in [4.78, 5) is 23.9. The molecular formula is C18H19ClN2O2. The monoisotopic (exact) mass is 330 g/mol. The minimum atomic E-state index is -0.766. The number of benzene rings is 2. The second-order valence-corrected chi connectivity index (χ2v) is 6.62. The van der Waals surface area contributed by atoms with Crippen LogP contribution in [0.15, 0.2) is 48.5 Å². The first-order chi connectivity index (χ1) is 10.8. The van der Waals surface area contributed by atoms with Crippen LogP contribution in [0.2, 0.25) is 5.02 Å². The number of para-hydroxylation sites is 1. The van der Waals surface area contributed by atoms with Crippen molar-refractivity contribution in [3.8, 4) is 0 Å². The molecule has 0 bridgehead atoms. The molecule has 0 aliphatic heterocycles. The van der Waals surface area contributed by atoms with Crippen LogP contribution in [0.5, 0.6) is 0 Å². The highest BCUT2D eigenvalue weighted by atomic mass is 35.5. The molecule has 0 saturated carbocycles. The van der Waals surface area contributed by atoms with Crippen molar-refractivity contribution in [1.82, 2.24) is 0 Å². The third kappa shape index (κ3) is 4.57. The predicted octanol–water partition coefficient (Wildman–Crippen LogP) is 4.21. The summed E-state index contributed by atoms with van der Waals surface area (Å²) in [5.41, 5.74) is 2.15. The second-order valence-electron chi connectivity index (χ2n) is 6.22. The van der Waals surface area contributed by atoms with E-state index in [4.69, 9.17) is 11.6 Å². The zero-order valence-electron chi connectivity index (χ0n) is 13.3. The molecule has 2 N–H and O–H groups in total. The van der Waals surface area contributed by atoms with E-state index in [0.717, 1.165) is 5.56 Å². The van der Waals surface area contributed by atoms with Gasteiger partial charge < -0.3 is 10.6 Å². The lowest BCUT2D eigenvalue weighted by atomic mass is 9.87. The Balaban J connectivity index is 2.01. The van der Waals surface area contributed by atoms with Crippen LogP contribution in [0.3, 0.4) is 0 Å². The van der Waals surface area contributed by atoms with Gasteiger partial charge in [0.1, 0.15) is 0 Å². The molecule has 2 aromatic rings. The Morgan fingerprint density at radius 3 is 2.00 bits per heavy atom. The minimum absolute atomic E-state index is 0.0317. The molecule has 0 aromatic heterocycles. The molecule has 0 heterocycles. The lowest BCUT2D eigenvalue weighted by Gasteiger charge is -2.19. The van der Waals surface area contributed by atoms with Gasteiger partial charge in [-0.05, 0) is 35.2 Å². The normalized spacial score (nSPS) is 11.0. The molecule has 0 fully saturated rings. The van der Waals surface area contributed by atoms with Crippen LogP contribution in [-0.4, -0.2) is 11.8 Å². The lowest BCUT2D eigenvalue weighted by molar-refractivity contribution is -0.132. The number of anilines is 2. The third-order valence-electron chi connectivity index (χ3n) is 3.34. The summed E-state index contributed by atoms with van der Waals surface area (Å²) in [6, 6.07) is 14.2. The molecular weight excluding hydrogens is 312 g/mol. The summed E-state index contributed by atoms with van der Waals surface area (Å²) < 4.78 is 0. The van der Waals surface area contributed by atoms with Crippen molar-refractivity contribution >= 4 is 34.8 Å². The van der Waals surface area contributed by atoms with Crippen molar-refractivity contribution in [3.05, 3.63) is 59.1 Å². The molecule has 2 aromatic carbocycles. The van der Waals surface area contributed by atoms with Crippen LogP contribution in [0.25, 0.3) is 0 Å². The van der Waals surface area contributed by atoms with E-state index in [0.29, 0.717) is 16.4 Å². The fourth-order valence-electron chi connectivity index (χ4n) is 1.98. The van der Waals surface area contributed by atoms with Gasteiger partial charge in [-0.3, -0.25) is 9.59 Å². The number of carbonyl (C=O) groups is 2.